The van der Waals surface area contributed by atoms with Crippen molar-refractivity contribution < 1.29 is 9.53 Å². The molecular weight excluding hydrogens is 503 g/mol. The lowest BCUT2D eigenvalue weighted by molar-refractivity contribution is -0.129. The minimum Gasteiger partial charge on any atom is -0.497 e. The number of halogens is 2. The number of nitrogens with one attached hydrogen (secondary N) is 2. The Bertz CT molecular complexity index is 672. The zero-order valence-electron chi connectivity index (χ0n) is 17.7. The third-order valence-electron chi connectivity index (χ3n) is 5.05. The lowest BCUT2D eigenvalue weighted by Gasteiger charge is -2.26. The predicted molar refractivity (Wildman–Crippen MR) is 131 cm³/mol. The Balaban J connectivity index is 0.00000420. The average Bonchev–Trinajstić information content (AvgIpc) is 3.12. The number of methoxy groups -OCH3 is 1. The highest BCUT2D eigenvalue weighted by Crippen LogP contribution is 2.22. The van der Waals surface area contributed by atoms with Gasteiger partial charge in [0.25, 0.3) is 0 Å². The zero-order chi connectivity index (χ0) is 20.4. The second-order valence-electron chi connectivity index (χ2n) is 6.94. The monoisotopic (exact) mass is 536 g/mol. The number of carbonyl (C=O) groups is 1. The Morgan fingerprint density at radius 1 is 1.34 bits per heavy atom. The molecule has 1 aliphatic heterocycles. The van der Waals surface area contributed by atoms with Gasteiger partial charge < -0.3 is 20.3 Å². The van der Waals surface area contributed by atoms with Crippen molar-refractivity contribution >= 4 is 47.4 Å². The smallest absolute Gasteiger partial charge is 0.222 e. The molecular formula is C21H34ClIN4O2. The van der Waals surface area contributed by atoms with Crippen molar-refractivity contribution in [3.05, 3.63) is 28.8 Å². The molecule has 2 rings (SSSR count). The van der Waals surface area contributed by atoms with E-state index in [4.69, 9.17) is 16.3 Å². The van der Waals surface area contributed by atoms with Crippen molar-refractivity contribution in [2.75, 3.05) is 33.3 Å². The van der Waals surface area contributed by atoms with Crippen molar-refractivity contribution in [1.29, 1.82) is 0 Å². The highest BCUT2D eigenvalue weighted by Gasteiger charge is 2.26. The van der Waals surface area contributed by atoms with Gasteiger partial charge in [-0.2, -0.15) is 0 Å². The molecule has 1 amide bonds. The van der Waals surface area contributed by atoms with Crippen LogP contribution in [0.1, 0.15) is 45.1 Å². The molecule has 0 bridgehead atoms. The first-order chi connectivity index (χ1) is 13.6. The van der Waals surface area contributed by atoms with Crippen LogP contribution in [-0.2, 0) is 11.2 Å². The number of carbonyl (C=O) groups excluding carboxylic acids is 1. The van der Waals surface area contributed by atoms with E-state index in [1.807, 2.05) is 23.1 Å². The van der Waals surface area contributed by atoms with Gasteiger partial charge in [0.15, 0.2) is 5.96 Å². The minimum absolute atomic E-state index is 0. The summed E-state index contributed by atoms with van der Waals surface area (Å²) in [7, 11) is 1.63. The molecule has 1 saturated heterocycles. The van der Waals surface area contributed by atoms with Gasteiger partial charge in [-0.15, -0.1) is 24.0 Å². The average molecular weight is 537 g/mol. The molecule has 1 fully saturated rings. The van der Waals surface area contributed by atoms with E-state index in [1.165, 1.54) is 0 Å². The van der Waals surface area contributed by atoms with Crippen LogP contribution in [0.5, 0.6) is 5.75 Å². The molecule has 0 spiro atoms. The first-order valence-electron chi connectivity index (χ1n) is 10.2. The van der Waals surface area contributed by atoms with Crippen molar-refractivity contribution in [1.82, 2.24) is 15.5 Å². The third-order valence-corrected chi connectivity index (χ3v) is 5.40. The van der Waals surface area contributed by atoms with Crippen molar-refractivity contribution in [2.24, 2.45) is 4.99 Å². The number of rotatable bonds is 10. The molecule has 1 aromatic rings. The van der Waals surface area contributed by atoms with E-state index in [0.29, 0.717) is 24.0 Å². The summed E-state index contributed by atoms with van der Waals surface area (Å²) in [6.45, 7) is 7.32. The van der Waals surface area contributed by atoms with Crippen LogP contribution < -0.4 is 15.4 Å². The number of amides is 1. The van der Waals surface area contributed by atoms with E-state index in [-0.39, 0.29) is 29.9 Å². The van der Waals surface area contributed by atoms with Crippen LogP contribution in [0.3, 0.4) is 0 Å². The van der Waals surface area contributed by atoms with Gasteiger partial charge in [0.2, 0.25) is 5.91 Å². The molecule has 1 aliphatic rings. The Labute approximate surface area is 196 Å². The van der Waals surface area contributed by atoms with Crippen molar-refractivity contribution in [3.8, 4) is 5.75 Å². The van der Waals surface area contributed by atoms with Gasteiger partial charge in [-0.05, 0) is 50.3 Å². The normalized spacial score (nSPS) is 15.1. The molecule has 1 heterocycles. The molecule has 1 atom stereocenters. The molecule has 0 saturated carbocycles. The summed E-state index contributed by atoms with van der Waals surface area (Å²) in [6, 6.07) is 6.04. The van der Waals surface area contributed by atoms with Gasteiger partial charge in [0.1, 0.15) is 5.75 Å². The maximum absolute atomic E-state index is 12.0. The van der Waals surface area contributed by atoms with E-state index < -0.39 is 0 Å². The molecule has 8 heteroatoms. The van der Waals surface area contributed by atoms with Gasteiger partial charge in [-0.1, -0.05) is 24.6 Å². The van der Waals surface area contributed by atoms with Crippen LogP contribution in [0.15, 0.2) is 23.2 Å². The fourth-order valence-corrected chi connectivity index (χ4v) is 3.74. The lowest BCUT2D eigenvalue weighted by atomic mass is 10.1. The van der Waals surface area contributed by atoms with Gasteiger partial charge in [-0.3, -0.25) is 9.79 Å². The number of hydrogen-bond acceptors (Lipinski definition) is 3. The summed E-state index contributed by atoms with van der Waals surface area (Å²) < 4.78 is 5.19. The number of hydrogen-bond donors (Lipinski definition) is 2. The van der Waals surface area contributed by atoms with Crippen LogP contribution in [0.4, 0.5) is 0 Å². The molecule has 6 nitrogen and oxygen atoms in total. The van der Waals surface area contributed by atoms with Gasteiger partial charge in [0, 0.05) is 43.7 Å². The summed E-state index contributed by atoms with van der Waals surface area (Å²) in [4.78, 5) is 18.7. The summed E-state index contributed by atoms with van der Waals surface area (Å²) in [5.41, 5.74) is 1.07. The van der Waals surface area contributed by atoms with E-state index >= 15 is 0 Å². The molecule has 1 unspecified atom stereocenters. The number of aliphatic imine (C=N–C) groups is 1. The Hall–Kier alpha value is -1.22. The SMILES string of the molecule is CCNC(=NCCC(CC)N1CCCC1=O)NCCc1ccc(OC)cc1Cl.I. The predicted octanol–water partition coefficient (Wildman–Crippen LogP) is 3.86. The standard InChI is InChI=1S/C21H33ClN4O2.HI/c1-4-17(26-14-6-7-20(26)27)11-13-25-21(23-5-2)24-12-10-16-8-9-18(28-3)15-19(16)22;/h8-9,15,17H,4-7,10-14H2,1-3H3,(H2,23,24,25);1H. The van der Waals surface area contributed by atoms with E-state index in [2.05, 4.69) is 29.5 Å². The van der Waals surface area contributed by atoms with Crippen LogP contribution in [0.2, 0.25) is 5.02 Å². The fraction of sp³-hybridized carbons (Fsp3) is 0.619. The van der Waals surface area contributed by atoms with Crippen LogP contribution in [0, 0.1) is 0 Å². The third kappa shape index (κ3) is 8.20. The molecule has 164 valence electrons. The topological polar surface area (TPSA) is 66.0 Å². The van der Waals surface area contributed by atoms with Crippen LogP contribution >= 0.6 is 35.6 Å². The van der Waals surface area contributed by atoms with Crippen molar-refractivity contribution in [3.63, 3.8) is 0 Å². The molecule has 1 aromatic carbocycles. The van der Waals surface area contributed by atoms with Crippen LogP contribution in [0.25, 0.3) is 0 Å². The lowest BCUT2D eigenvalue weighted by Crippen LogP contribution is -2.39. The Morgan fingerprint density at radius 3 is 2.72 bits per heavy atom. The van der Waals surface area contributed by atoms with Gasteiger partial charge in [0.05, 0.1) is 7.11 Å². The maximum Gasteiger partial charge on any atom is 0.222 e. The molecule has 29 heavy (non-hydrogen) atoms. The van der Waals surface area contributed by atoms with E-state index in [1.54, 1.807) is 7.11 Å². The Morgan fingerprint density at radius 2 is 2.14 bits per heavy atom. The number of nitrogens with zero attached hydrogens (tertiary/aromatic N) is 2. The number of guanidine groups is 1. The molecule has 0 aliphatic carbocycles. The minimum atomic E-state index is 0. The van der Waals surface area contributed by atoms with Crippen LogP contribution in [-0.4, -0.2) is 56.1 Å². The second-order valence-corrected chi connectivity index (χ2v) is 7.34. The largest absolute Gasteiger partial charge is 0.497 e. The summed E-state index contributed by atoms with van der Waals surface area (Å²) in [5.74, 6) is 1.85. The number of ether oxygens (including phenoxy) is 1. The van der Waals surface area contributed by atoms with Crippen molar-refractivity contribution in [2.45, 2.75) is 52.0 Å². The van der Waals surface area contributed by atoms with E-state index in [0.717, 1.165) is 62.6 Å². The zero-order valence-corrected chi connectivity index (χ0v) is 20.8. The summed E-state index contributed by atoms with van der Waals surface area (Å²) in [6.07, 6.45) is 4.34. The number of benzene rings is 1. The first kappa shape index (κ1) is 25.8. The Kier molecular flexibility index (Phi) is 12.4. The second kappa shape index (κ2) is 13.9. The highest BCUT2D eigenvalue weighted by atomic mass is 127. The maximum atomic E-state index is 12.0. The summed E-state index contributed by atoms with van der Waals surface area (Å²) in [5, 5.41) is 7.35. The molecule has 0 radical (unpaired) electrons. The molecule has 0 aromatic heterocycles. The fourth-order valence-electron chi connectivity index (χ4n) is 3.48. The van der Waals surface area contributed by atoms with Gasteiger partial charge >= 0.3 is 0 Å². The summed E-state index contributed by atoms with van der Waals surface area (Å²) >= 11 is 6.31. The first-order valence-corrected chi connectivity index (χ1v) is 10.6. The quantitative estimate of drug-likeness (QED) is 0.271. The number of likely N-dealkylation sites (tertiary alicyclic amines) is 1. The molecule has 2 N–H and O–H groups in total. The highest BCUT2D eigenvalue weighted by molar-refractivity contribution is 14.0. The van der Waals surface area contributed by atoms with E-state index in [9.17, 15) is 4.79 Å². The van der Waals surface area contributed by atoms with Gasteiger partial charge in [-0.25, -0.2) is 0 Å².